The van der Waals surface area contributed by atoms with Gasteiger partial charge < -0.3 is 9.80 Å². The first-order chi connectivity index (χ1) is 10.9. The van der Waals surface area contributed by atoms with E-state index in [-0.39, 0.29) is 0 Å². The second-order valence-corrected chi connectivity index (χ2v) is 9.22. The molecule has 0 aromatic carbocycles. The largest absolute Gasteiger partial charge is 0.301 e. The number of rotatable bonds is 6. The van der Waals surface area contributed by atoms with Gasteiger partial charge in [-0.3, -0.25) is 4.90 Å². The van der Waals surface area contributed by atoms with Gasteiger partial charge in [-0.2, -0.15) is 0 Å². The van der Waals surface area contributed by atoms with Crippen LogP contribution in [0.25, 0.3) is 0 Å². The van der Waals surface area contributed by atoms with E-state index in [1.165, 1.54) is 58.4 Å². The van der Waals surface area contributed by atoms with Crippen LogP contribution in [0.15, 0.2) is 0 Å². The monoisotopic (exact) mass is 321 g/mol. The highest BCUT2D eigenvalue weighted by Gasteiger charge is 2.37. The molecule has 134 valence electrons. The van der Waals surface area contributed by atoms with Crippen molar-refractivity contribution in [3.8, 4) is 0 Å². The van der Waals surface area contributed by atoms with Crippen molar-refractivity contribution in [2.24, 2.45) is 17.8 Å². The lowest BCUT2D eigenvalue weighted by Gasteiger charge is -2.49. The molecule has 3 aliphatic rings. The van der Waals surface area contributed by atoms with Crippen LogP contribution in [0.2, 0.25) is 0 Å². The summed E-state index contributed by atoms with van der Waals surface area (Å²) in [5, 5.41) is 0. The summed E-state index contributed by atoms with van der Waals surface area (Å²) in [6, 6.07) is 2.46. The summed E-state index contributed by atoms with van der Waals surface area (Å²) in [5.41, 5.74) is 0. The molecule has 1 heterocycles. The lowest BCUT2D eigenvalue weighted by Crippen LogP contribution is -2.56. The van der Waals surface area contributed by atoms with Crippen LogP contribution in [0, 0.1) is 17.8 Å². The molecule has 0 radical (unpaired) electrons. The van der Waals surface area contributed by atoms with E-state index in [1.54, 1.807) is 0 Å². The summed E-state index contributed by atoms with van der Waals surface area (Å²) in [4.78, 5) is 8.09. The average molecular weight is 322 g/mol. The highest BCUT2D eigenvalue weighted by molar-refractivity contribution is 4.92. The maximum atomic E-state index is 2.78. The molecule has 3 rings (SSSR count). The Bertz CT molecular complexity index is 361. The predicted molar refractivity (Wildman–Crippen MR) is 98.8 cm³/mol. The average Bonchev–Trinajstić information content (AvgIpc) is 2.41. The highest BCUT2D eigenvalue weighted by Crippen LogP contribution is 2.37. The normalized spacial score (nSPS) is 36.5. The minimum atomic E-state index is 0.696. The van der Waals surface area contributed by atoms with E-state index in [1.807, 2.05) is 0 Å². The minimum absolute atomic E-state index is 0.696. The Morgan fingerprint density at radius 2 is 1.52 bits per heavy atom. The van der Waals surface area contributed by atoms with Crippen molar-refractivity contribution in [1.82, 2.24) is 14.7 Å². The van der Waals surface area contributed by atoms with Crippen molar-refractivity contribution in [3.05, 3.63) is 0 Å². The molecule has 3 heteroatoms. The molecule has 23 heavy (non-hydrogen) atoms. The molecule has 0 aromatic rings. The third kappa shape index (κ3) is 4.11. The van der Waals surface area contributed by atoms with Crippen molar-refractivity contribution in [2.75, 3.05) is 39.8 Å². The van der Waals surface area contributed by atoms with Gasteiger partial charge in [0.25, 0.3) is 0 Å². The number of nitrogens with zero attached hydrogens (tertiary/aromatic N) is 3. The fourth-order valence-electron chi connectivity index (χ4n) is 4.75. The Hall–Kier alpha value is -0.120. The second kappa shape index (κ2) is 7.41. The fourth-order valence-corrected chi connectivity index (χ4v) is 4.75. The molecular weight excluding hydrogens is 282 g/mol. The van der Waals surface area contributed by atoms with Crippen LogP contribution in [-0.4, -0.2) is 72.6 Å². The molecule has 0 bridgehead atoms. The molecule has 0 unspecified atom stereocenters. The summed E-state index contributed by atoms with van der Waals surface area (Å²) < 4.78 is 0. The minimum Gasteiger partial charge on any atom is -0.301 e. The van der Waals surface area contributed by atoms with Crippen molar-refractivity contribution >= 4 is 0 Å². The van der Waals surface area contributed by atoms with Crippen LogP contribution >= 0.6 is 0 Å². The zero-order valence-electron chi connectivity index (χ0n) is 16.2. The van der Waals surface area contributed by atoms with Gasteiger partial charge >= 0.3 is 0 Å². The smallest absolute Gasteiger partial charge is 0.0113 e. The van der Waals surface area contributed by atoms with E-state index in [4.69, 9.17) is 0 Å². The van der Waals surface area contributed by atoms with Crippen LogP contribution < -0.4 is 0 Å². The van der Waals surface area contributed by atoms with E-state index in [0.29, 0.717) is 6.04 Å². The van der Waals surface area contributed by atoms with Crippen LogP contribution in [0.4, 0.5) is 0 Å². The van der Waals surface area contributed by atoms with Crippen molar-refractivity contribution in [2.45, 2.75) is 71.5 Å². The molecule has 3 nitrogen and oxygen atoms in total. The molecule has 1 aliphatic heterocycles. The van der Waals surface area contributed by atoms with Gasteiger partial charge in [0.05, 0.1) is 0 Å². The molecule has 0 aromatic heterocycles. The zero-order chi connectivity index (χ0) is 16.6. The van der Waals surface area contributed by atoms with Crippen LogP contribution in [0.5, 0.6) is 0 Å². The first-order valence-corrected chi connectivity index (χ1v) is 10.1. The topological polar surface area (TPSA) is 9.72 Å². The standard InChI is InChI=1S/C20H39N3/c1-15(2)18-12-20(13-18)23-8-6-22(7-9-23)14-17-10-19(11-17)21(5)16(3)4/h15-20H,6-14H2,1-5H3. The van der Waals surface area contributed by atoms with Crippen molar-refractivity contribution < 1.29 is 0 Å². The van der Waals surface area contributed by atoms with Gasteiger partial charge in [0.15, 0.2) is 0 Å². The third-order valence-electron chi connectivity index (χ3n) is 7.13. The number of hydrogen-bond donors (Lipinski definition) is 0. The van der Waals surface area contributed by atoms with Gasteiger partial charge in [0, 0.05) is 50.8 Å². The number of hydrogen-bond acceptors (Lipinski definition) is 3. The zero-order valence-corrected chi connectivity index (χ0v) is 16.2. The van der Waals surface area contributed by atoms with Gasteiger partial charge in [-0.15, -0.1) is 0 Å². The quantitative estimate of drug-likeness (QED) is 0.744. The van der Waals surface area contributed by atoms with Gasteiger partial charge in [0.1, 0.15) is 0 Å². The second-order valence-electron chi connectivity index (χ2n) is 9.22. The summed E-state index contributed by atoms with van der Waals surface area (Å²) >= 11 is 0. The van der Waals surface area contributed by atoms with E-state index < -0.39 is 0 Å². The first kappa shape index (κ1) is 17.7. The molecule has 0 spiro atoms. The lowest BCUT2D eigenvalue weighted by molar-refractivity contribution is 0.00246. The molecule has 3 fully saturated rings. The molecule has 0 amide bonds. The van der Waals surface area contributed by atoms with E-state index >= 15 is 0 Å². The lowest BCUT2D eigenvalue weighted by atomic mass is 9.73. The van der Waals surface area contributed by atoms with E-state index in [9.17, 15) is 0 Å². The first-order valence-electron chi connectivity index (χ1n) is 10.1. The van der Waals surface area contributed by atoms with Gasteiger partial charge in [-0.25, -0.2) is 0 Å². The van der Waals surface area contributed by atoms with Gasteiger partial charge in [0.2, 0.25) is 0 Å². The maximum Gasteiger partial charge on any atom is 0.0113 e. The SMILES string of the molecule is CC(C)C1CC(N2CCN(CC3CC(N(C)C(C)C)C3)CC2)C1. The molecule has 0 N–H and O–H groups in total. The van der Waals surface area contributed by atoms with Crippen molar-refractivity contribution in [1.29, 1.82) is 0 Å². The summed E-state index contributed by atoms with van der Waals surface area (Å²) in [6.45, 7) is 16.0. The van der Waals surface area contributed by atoms with Crippen molar-refractivity contribution in [3.63, 3.8) is 0 Å². The van der Waals surface area contributed by atoms with Crippen LogP contribution in [0.3, 0.4) is 0 Å². The Balaban J connectivity index is 1.31. The predicted octanol–water partition coefficient (Wildman–Crippen LogP) is 3.16. The Labute approximate surface area is 144 Å². The molecule has 0 atom stereocenters. The summed E-state index contributed by atoms with van der Waals surface area (Å²) in [6.07, 6.45) is 5.77. The molecule has 2 aliphatic carbocycles. The fraction of sp³-hybridized carbons (Fsp3) is 1.00. The maximum absolute atomic E-state index is 2.78. The third-order valence-corrected chi connectivity index (χ3v) is 7.13. The van der Waals surface area contributed by atoms with Gasteiger partial charge in [-0.1, -0.05) is 13.8 Å². The highest BCUT2D eigenvalue weighted by atomic mass is 15.3. The Morgan fingerprint density at radius 1 is 0.913 bits per heavy atom. The van der Waals surface area contributed by atoms with Gasteiger partial charge in [-0.05, 0) is 64.3 Å². The number of piperazine rings is 1. The Morgan fingerprint density at radius 3 is 2.04 bits per heavy atom. The Kier molecular flexibility index (Phi) is 5.70. The van der Waals surface area contributed by atoms with E-state index in [0.717, 1.165) is 29.8 Å². The summed E-state index contributed by atoms with van der Waals surface area (Å²) in [7, 11) is 2.30. The van der Waals surface area contributed by atoms with Crippen LogP contribution in [-0.2, 0) is 0 Å². The molecule has 1 saturated heterocycles. The van der Waals surface area contributed by atoms with Crippen LogP contribution in [0.1, 0.15) is 53.4 Å². The molecule has 2 saturated carbocycles. The molecular formula is C20H39N3. The van der Waals surface area contributed by atoms with E-state index in [2.05, 4.69) is 49.4 Å². The summed E-state index contributed by atoms with van der Waals surface area (Å²) in [5.74, 6) is 2.85.